The maximum absolute atomic E-state index is 9.80. The molecular weight excluding hydrogens is 398 g/mol. The molecule has 32 heavy (non-hydrogen) atoms. The summed E-state index contributed by atoms with van der Waals surface area (Å²) >= 11 is 0. The number of hydrogen-bond donors (Lipinski definition) is 2. The van der Waals surface area contributed by atoms with Gasteiger partial charge in [0, 0.05) is 26.2 Å². The third kappa shape index (κ3) is 3.81. The lowest BCUT2D eigenvalue weighted by atomic mass is 10.0. The number of pyridine rings is 1. The van der Waals surface area contributed by atoms with E-state index in [0.29, 0.717) is 17.8 Å². The number of aliphatic hydroxyl groups excluding tert-OH is 1. The molecule has 1 saturated heterocycles. The van der Waals surface area contributed by atoms with Gasteiger partial charge in [0.15, 0.2) is 5.65 Å². The zero-order valence-corrected chi connectivity index (χ0v) is 18.3. The van der Waals surface area contributed by atoms with Crippen molar-refractivity contribution in [2.24, 2.45) is 0 Å². The van der Waals surface area contributed by atoms with Crippen molar-refractivity contribution < 1.29 is 5.11 Å². The van der Waals surface area contributed by atoms with E-state index in [1.165, 1.54) is 11.1 Å². The van der Waals surface area contributed by atoms with E-state index in [9.17, 15) is 10.4 Å². The van der Waals surface area contributed by atoms with Crippen LogP contribution in [-0.2, 0) is 13.1 Å². The summed E-state index contributed by atoms with van der Waals surface area (Å²) in [6.07, 6.45) is 1.53. The highest BCUT2D eigenvalue weighted by molar-refractivity contribution is 5.85. The third-order valence-electron chi connectivity index (χ3n) is 6.41. The molecule has 0 radical (unpaired) electrons. The molecule has 5 rings (SSSR count). The van der Waals surface area contributed by atoms with Gasteiger partial charge in [-0.05, 0) is 54.7 Å². The number of piperidine rings is 1. The SMILES string of the molecule is Cc1cc(NCc2ccccc2CN2CCC(O)CC2)n2c(nc3ccccc32)c1C#N. The van der Waals surface area contributed by atoms with E-state index in [0.717, 1.165) is 54.9 Å². The standard InChI is InChI=1S/C26H27N5O/c1-18-14-25(31-24-9-5-4-8-23(24)29-26(31)22(18)15-27)28-16-19-6-2-3-7-20(19)17-30-12-10-21(32)11-13-30/h2-9,14,21,28,32H,10-13,16-17H2,1H3. The summed E-state index contributed by atoms with van der Waals surface area (Å²) in [7, 11) is 0. The highest BCUT2D eigenvalue weighted by atomic mass is 16.3. The van der Waals surface area contributed by atoms with Crippen LogP contribution in [0.25, 0.3) is 16.7 Å². The predicted octanol–water partition coefficient (Wildman–Crippen LogP) is 4.24. The Morgan fingerprint density at radius 1 is 1.09 bits per heavy atom. The molecule has 0 saturated carbocycles. The number of rotatable bonds is 5. The predicted molar refractivity (Wildman–Crippen MR) is 126 cm³/mol. The Balaban J connectivity index is 1.46. The highest BCUT2D eigenvalue weighted by Crippen LogP contribution is 2.27. The van der Waals surface area contributed by atoms with Gasteiger partial charge >= 0.3 is 0 Å². The number of aromatic nitrogens is 2. The Labute approximate surface area is 187 Å². The number of imidazole rings is 1. The van der Waals surface area contributed by atoms with E-state index in [2.05, 4.69) is 45.0 Å². The van der Waals surface area contributed by atoms with Crippen molar-refractivity contribution >= 4 is 22.5 Å². The molecule has 162 valence electrons. The average molecular weight is 426 g/mol. The molecule has 3 heterocycles. The van der Waals surface area contributed by atoms with Crippen molar-refractivity contribution in [2.75, 3.05) is 18.4 Å². The molecule has 0 aliphatic carbocycles. The van der Waals surface area contributed by atoms with E-state index in [4.69, 9.17) is 4.98 Å². The lowest BCUT2D eigenvalue weighted by Crippen LogP contribution is -2.35. The second kappa shape index (κ2) is 8.62. The summed E-state index contributed by atoms with van der Waals surface area (Å²) in [6, 6.07) is 20.9. The zero-order chi connectivity index (χ0) is 22.1. The summed E-state index contributed by atoms with van der Waals surface area (Å²) in [5, 5.41) is 23.1. The summed E-state index contributed by atoms with van der Waals surface area (Å²) in [5.74, 6) is 0.932. The van der Waals surface area contributed by atoms with Crippen molar-refractivity contribution in [1.29, 1.82) is 5.26 Å². The monoisotopic (exact) mass is 425 g/mol. The molecule has 2 aromatic heterocycles. The van der Waals surface area contributed by atoms with Gasteiger partial charge in [-0.25, -0.2) is 4.98 Å². The maximum Gasteiger partial charge on any atom is 0.157 e. The molecule has 1 aliphatic heterocycles. The summed E-state index contributed by atoms with van der Waals surface area (Å²) in [4.78, 5) is 7.15. The van der Waals surface area contributed by atoms with Crippen LogP contribution in [0.4, 0.5) is 5.82 Å². The smallest absolute Gasteiger partial charge is 0.157 e. The van der Waals surface area contributed by atoms with Gasteiger partial charge in [-0.1, -0.05) is 36.4 Å². The first-order valence-corrected chi connectivity index (χ1v) is 11.2. The number of hydrogen-bond acceptors (Lipinski definition) is 5. The fraction of sp³-hybridized carbons (Fsp3) is 0.308. The van der Waals surface area contributed by atoms with Crippen molar-refractivity contribution in [3.63, 3.8) is 0 Å². The lowest BCUT2D eigenvalue weighted by Gasteiger charge is -2.30. The second-order valence-electron chi connectivity index (χ2n) is 8.59. The number of aryl methyl sites for hydroxylation is 1. The van der Waals surface area contributed by atoms with Crippen LogP contribution in [0.15, 0.2) is 54.6 Å². The quantitative estimate of drug-likeness (QED) is 0.500. The number of aliphatic hydroxyl groups is 1. The van der Waals surface area contributed by atoms with Crippen molar-refractivity contribution in [3.05, 3.63) is 76.9 Å². The van der Waals surface area contributed by atoms with E-state index in [-0.39, 0.29) is 6.10 Å². The van der Waals surface area contributed by atoms with Crippen LogP contribution in [-0.4, -0.2) is 38.6 Å². The molecule has 6 nitrogen and oxygen atoms in total. The van der Waals surface area contributed by atoms with E-state index in [1.807, 2.05) is 37.3 Å². The van der Waals surface area contributed by atoms with Crippen LogP contribution in [0.2, 0.25) is 0 Å². The Morgan fingerprint density at radius 2 is 1.81 bits per heavy atom. The first kappa shape index (κ1) is 20.5. The minimum atomic E-state index is -0.157. The van der Waals surface area contributed by atoms with Gasteiger partial charge in [-0.15, -0.1) is 0 Å². The first-order chi connectivity index (χ1) is 15.6. The van der Waals surface area contributed by atoms with E-state index >= 15 is 0 Å². The Hall–Kier alpha value is -3.40. The number of para-hydroxylation sites is 2. The van der Waals surface area contributed by atoms with Crippen LogP contribution in [0.1, 0.15) is 35.1 Å². The minimum absolute atomic E-state index is 0.157. The fourth-order valence-corrected chi connectivity index (χ4v) is 4.61. The average Bonchev–Trinajstić information content (AvgIpc) is 3.19. The van der Waals surface area contributed by atoms with E-state index in [1.54, 1.807) is 0 Å². The Bertz CT molecular complexity index is 1310. The van der Waals surface area contributed by atoms with Gasteiger partial charge in [0.2, 0.25) is 0 Å². The molecule has 1 aliphatic rings. The summed E-state index contributed by atoms with van der Waals surface area (Å²) < 4.78 is 2.05. The molecule has 2 aromatic carbocycles. The molecule has 1 fully saturated rings. The number of likely N-dealkylation sites (tertiary alicyclic amines) is 1. The van der Waals surface area contributed by atoms with Crippen LogP contribution in [0.5, 0.6) is 0 Å². The molecule has 0 unspecified atom stereocenters. The zero-order valence-electron chi connectivity index (χ0n) is 18.3. The molecule has 0 amide bonds. The second-order valence-corrected chi connectivity index (χ2v) is 8.59. The Kier molecular flexibility index (Phi) is 5.52. The number of benzene rings is 2. The number of anilines is 1. The van der Waals surface area contributed by atoms with Crippen molar-refractivity contribution in [3.8, 4) is 6.07 Å². The molecule has 0 spiro atoms. The third-order valence-corrected chi connectivity index (χ3v) is 6.41. The topological polar surface area (TPSA) is 76.6 Å². The number of nitrogens with zero attached hydrogens (tertiary/aromatic N) is 4. The fourth-order valence-electron chi connectivity index (χ4n) is 4.61. The molecule has 4 aromatic rings. The van der Waals surface area contributed by atoms with Gasteiger partial charge < -0.3 is 10.4 Å². The van der Waals surface area contributed by atoms with Crippen LogP contribution >= 0.6 is 0 Å². The normalized spacial score (nSPS) is 15.3. The Morgan fingerprint density at radius 3 is 2.59 bits per heavy atom. The molecular formula is C26H27N5O. The van der Waals surface area contributed by atoms with Crippen LogP contribution in [0.3, 0.4) is 0 Å². The van der Waals surface area contributed by atoms with Gasteiger partial charge in [0.25, 0.3) is 0 Å². The number of fused-ring (bicyclic) bond motifs is 3. The van der Waals surface area contributed by atoms with Crippen LogP contribution in [0, 0.1) is 18.3 Å². The molecule has 6 heteroatoms. The van der Waals surface area contributed by atoms with Crippen molar-refractivity contribution in [1.82, 2.24) is 14.3 Å². The highest BCUT2D eigenvalue weighted by Gasteiger charge is 2.18. The largest absolute Gasteiger partial charge is 0.393 e. The maximum atomic E-state index is 9.80. The minimum Gasteiger partial charge on any atom is -0.393 e. The van der Waals surface area contributed by atoms with Crippen LogP contribution < -0.4 is 5.32 Å². The van der Waals surface area contributed by atoms with Gasteiger partial charge in [0.1, 0.15) is 11.9 Å². The van der Waals surface area contributed by atoms with Gasteiger partial charge in [-0.3, -0.25) is 9.30 Å². The first-order valence-electron chi connectivity index (χ1n) is 11.2. The van der Waals surface area contributed by atoms with Gasteiger partial charge in [0.05, 0.1) is 22.7 Å². The van der Waals surface area contributed by atoms with Crippen molar-refractivity contribution in [2.45, 2.75) is 39.0 Å². The molecule has 0 atom stereocenters. The lowest BCUT2D eigenvalue weighted by molar-refractivity contribution is 0.0791. The molecule has 2 N–H and O–H groups in total. The number of nitriles is 1. The summed E-state index contributed by atoms with van der Waals surface area (Å²) in [6.45, 7) is 5.39. The van der Waals surface area contributed by atoms with Gasteiger partial charge in [-0.2, -0.15) is 5.26 Å². The molecule has 0 bridgehead atoms. The number of nitrogens with one attached hydrogen (secondary N) is 1. The van der Waals surface area contributed by atoms with E-state index < -0.39 is 0 Å². The summed E-state index contributed by atoms with van der Waals surface area (Å²) in [5.41, 5.74) is 6.63.